The predicted molar refractivity (Wildman–Crippen MR) is 370 cm³/mol. The molecule has 0 saturated heterocycles. The molecule has 2 atom stereocenters. The van der Waals surface area contributed by atoms with Gasteiger partial charge in [-0.15, -0.1) is 0 Å². The molecule has 0 saturated carbocycles. The minimum atomic E-state index is -0.661. The highest BCUT2D eigenvalue weighted by Gasteiger charge is 2.20. The first-order chi connectivity index (χ1) is 41.5. The lowest BCUT2D eigenvalue weighted by atomic mass is 10.0. The highest BCUT2D eigenvalue weighted by atomic mass is 16.5. The molecule has 0 rings (SSSR count). The Bertz CT molecular complexity index is 1320. The largest absolute Gasteiger partial charge is 0.466 e. The van der Waals surface area contributed by atoms with Gasteiger partial charge in [-0.2, -0.15) is 0 Å². The smallest absolute Gasteiger partial charge is 0.305 e. The zero-order valence-corrected chi connectivity index (χ0v) is 57.2. The second-order valence-electron chi connectivity index (χ2n) is 26.7. The molecule has 0 aliphatic rings. The number of allylic oxidation sites excluding steroid dienone is 4. The van der Waals surface area contributed by atoms with Gasteiger partial charge < -0.3 is 20.3 Å². The minimum Gasteiger partial charge on any atom is -0.466 e. The summed E-state index contributed by atoms with van der Waals surface area (Å²) in [5.74, 6) is -0.00823. The third-order valence-corrected chi connectivity index (χ3v) is 18.3. The van der Waals surface area contributed by atoms with E-state index < -0.39 is 12.1 Å². The van der Waals surface area contributed by atoms with E-state index in [1.807, 2.05) is 0 Å². The van der Waals surface area contributed by atoms with Gasteiger partial charge in [0.2, 0.25) is 5.91 Å². The van der Waals surface area contributed by atoms with Crippen LogP contribution in [0.3, 0.4) is 0 Å². The molecular weight excluding hydrogens is 1030 g/mol. The maximum absolute atomic E-state index is 12.5. The Labute approximate surface area is 526 Å². The normalized spacial score (nSPS) is 12.6. The van der Waals surface area contributed by atoms with Crippen LogP contribution in [0.2, 0.25) is 0 Å². The summed E-state index contributed by atoms with van der Waals surface area (Å²) in [4.78, 5) is 24.7. The average molecular weight is 1180 g/mol. The van der Waals surface area contributed by atoms with Crippen LogP contribution < -0.4 is 5.32 Å². The van der Waals surface area contributed by atoms with E-state index in [2.05, 4.69) is 43.5 Å². The molecule has 6 nitrogen and oxygen atoms in total. The summed E-state index contributed by atoms with van der Waals surface area (Å²) in [6.07, 6.45) is 94.0. The topological polar surface area (TPSA) is 95.9 Å². The number of rotatable bonds is 73. The van der Waals surface area contributed by atoms with Gasteiger partial charge in [0.1, 0.15) is 0 Å². The third-order valence-electron chi connectivity index (χ3n) is 18.3. The van der Waals surface area contributed by atoms with Crippen LogP contribution >= 0.6 is 0 Å². The number of aliphatic hydroxyl groups is 2. The van der Waals surface area contributed by atoms with Crippen molar-refractivity contribution in [3.8, 4) is 0 Å². The molecule has 1 amide bonds. The summed E-state index contributed by atoms with van der Waals surface area (Å²) in [6, 6.07) is -0.538. The van der Waals surface area contributed by atoms with Gasteiger partial charge in [0.05, 0.1) is 25.4 Å². The van der Waals surface area contributed by atoms with Gasteiger partial charge in [-0.25, -0.2) is 0 Å². The Morgan fingerprint density at radius 3 is 0.929 bits per heavy atom. The standard InChI is InChI=1S/C78H151NO5/c1-3-5-7-9-11-13-15-17-19-21-36-40-44-48-52-56-60-64-68-72-78(83)84-73-69-65-61-57-53-49-45-41-38-35-33-31-29-27-25-23-22-24-26-28-30-32-34-37-39-43-47-51-55-59-63-67-71-77(82)79-75(74-80)76(81)70-66-62-58-54-50-46-42-20-18-16-14-12-10-8-6-4-2/h11,13,17,19,75-76,80-81H,3-10,12,14-16,18,20-74H2,1-2H3,(H,79,82)/b13-11-,19-17-. The van der Waals surface area contributed by atoms with Gasteiger partial charge >= 0.3 is 5.97 Å². The van der Waals surface area contributed by atoms with Gasteiger partial charge in [0.25, 0.3) is 0 Å². The van der Waals surface area contributed by atoms with Gasteiger partial charge in [-0.05, 0) is 57.8 Å². The molecular formula is C78H151NO5. The molecule has 2 unspecified atom stereocenters. The molecule has 0 spiro atoms. The molecule has 0 radical (unpaired) electrons. The van der Waals surface area contributed by atoms with E-state index in [0.717, 1.165) is 51.4 Å². The predicted octanol–water partition coefficient (Wildman–Crippen LogP) is 25.3. The molecule has 0 aliphatic carbocycles. The first kappa shape index (κ1) is 82.3. The van der Waals surface area contributed by atoms with E-state index in [1.165, 1.54) is 353 Å². The lowest BCUT2D eigenvalue weighted by Gasteiger charge is -2.22. The number of carbonyl (C=O) groups is 2. The van der Waals surface area contributed by atoms with Crippen LogP contribution in [0.15, 0.2) is 24.3 Å². The fraction of sp³-hybridized carbons (Fsp3) is 0.923. The number of esters is 1. The van der Waals surface area contributed by atoms with Crippen molar-refractivity contribution in [3.05, 3.63) is 24.3 Å². The summed E-state index contributed by atoms with van der Waals surface area (Å²) in [5, 5.41) is 23.4. The Morgan fingerprint density at radius 2 is 0.595 bits per heavy atom. The number of hydrogen-bond donors (Lipinski definition) is 3. The number of aliphatic hydroxyl groups excluding tert-OH is 2. The number of carbonyl (C=O) groups excluding carboxylic acids is 2. The van der Waals surface area contributed by atoms with Crippen molar-refractivity contribution in [3.63, 3.8) is 0 Å². The monoisotopic (exact) mass is 1180 g/mol. The van der Waals surface area contributed by atoms with E-state index in [4.69, 9.17) is 4.74 Å². The first-order valence-electron chi connectivity index (χ1n) is 38.6. The Kier molecular flexibility index (Phi) is 72.3. The van der Waals surface area contributed by atoms with Crippen molar-refractivity contribution >= 4 is 11.9 Å². The van der Waals surface area contributed by atoms with Gasteiger partial charge in [0, 0.05) is 12.8 Å². The van der Waals surface area contributed by atoms with E-state index in [1.54, 1.807) is 0 Å². The molecule has 3 N–H and O–H groups in total. The molecule has 84 heavy (non-hydrogen) atoms. The minimum absolute atomic E-state index is 0.0183. The quantitative estimate of drug-likeness (QED) is 0.0320. The molecule has 0 bridgehead atoms. The van der Waals surface area contributed by atoms with E-state index >= 15 is 0 Å². The first-order valence-corrected chi connectivity index (χ1v) is 38.6. The van der Waals surface area contributed by atoms with Crippen molar-refractivity contribution in [2.75, 3.05) is 13.2 Å². The zero-order valence-electron chi connectivity index (χ0n) is 57.2. The second kappa shape index (κ2) is 73.8. The molecule has 0 aromatic rings. The molecule has 498 valence electrons. The SMILES string of the molecule is CCCCC/C=C\C/C=C\CCCCCCCCCCCC(=O)OCCCCCCCCCCCCCCCCCCCCCCCCCCCCCCCCCCC(=O)NC(CO)C(O)CCCCCCCCCCCCCCCCCC. The van der Waals surface area contributed by atoms with Gasteiger partial charge in [-0.1, -0.05) is 391 Å². The van der Waals surface area contributed by atoms with Crippen molar-refractivity contribution < 1.29 is 24.5 Å². The Hall–Kier alpha value is -1.66. The maximum Gasteiger partial charge on any atom is 0.305 e. The lowest BCUT2D eigenvalue weighted by Crippen LogP contribution is -2.45. The van der Waals surface area contributed by atoms with E-state index in [-0.39, 0.29) is 18.5 Å². The fourth-order valence-electron chi connectivity index (χ4n) is 12.4. The van der Waals surface area contributed by atoms with E-state index in [0.29, 0.717) is 25.9 Å². The lowest BCUT2D eigenvalue weighted by molar-refractivity contribution is -0.143. The maximum atomic E-state index is 12.5. The van der Waals surface area contributed by atoms with Gasteiger partial charge in [-0.3, -0.25) is 9.59 Å². The average Bonchev–Trinajstić information content (AvgIpc) is 3.50. The number of amides is 1. The molecule has 0 aromatic heterocycles. The number of hydrogen-bond acceptors (Lipinski definition) is 5. The van der Waals surface area contributed by atoms with Crippen LogP contribution in [0.4, 0.5) is 0 Å². The highest BCUT2D eigenvalue weighted by Crippen LogP contribution is 2.20. The van der Waals surface area contributed by atoms with Crippen LogP contribution in [-0.4, -0.2) is 47.4 Å². The Balaban J connectivity index is 3.31. The summed E-state index contributed by atoms with van der Waals surface area (Å²) in [6.45, 7) is 4.97. The van der Waals surface area contributed by atoms with E-state index in [9.17, 15) is 19.8 Å². The number of ether oxygens (including phenoxy) is 1. The van der Waals surface area contributed by atoms with Crippen LogP contribution in [0, 0.1) is 0 Å². The second-order valence-corrected chi connectivity index (χ2v) is 26.7. The highest BCUT2D eigenvalue weighted by molar-refractivity contribution is 5.76. The molecule has 0 aliphatic heterocycles. The Morgan fingerprint density at radius 1 is 0.333 bits per heavy atom. The van der Waals surface area contributed by atoms with Crippen LogP contribution in [-0.2, 0) is 14.3 Å². The van der Waals surface area contributed by atoms with Crippen molar-refractivity contribution in [2.24, 2.45) is 0 Å². The van der Waals surface area contributed by atoms with Crippen molar-refractivity contribution in [2.45, 2.75) is 450 Å². The van der Waals surface area contributed by atoms with Crippen LogP contribution in [0.5, 0.6) is 0 Å². The summed E-state index contributed by atoms with van der Waals surface area (Å²) in [5.41, 5.74) is 0. The fourth-order valence-corrected chi connectivity index (χ4v) is 12.4. The van der Waals surface area contributed by atoms with Gasteiger partial charge in [0.15, 0.2) is 0 Å². The third kappa shape index (κ3) is 69.4. The number of unbranched alkanes of at least 4 members (excludes halogenated alkanes) is 58. The molecule has 0 fully saturated rings. The summed E-state index contributed by atoms with van der Waals surface area (Å²) < 4.78 is 5.52. The molecule has 6 heteroatoms. The molecule has 0 heterocycles. The zero-order chi connectivity index (χ0) is 60.6. The van der Waals surface area contributed by atoms with Crippen LogP contribution in [0.1, 0.15) is 438 Å². The summed E-state index contributed by atoms with van der Waals surface area (Å²) >= 11 is 0. The van der Waals surface area contributed by atoms with Crippen molar-refractivity contribution in [1.29, 1.82) is 0 Å². The van der Waals surface area contributed by atoms with Crippen molar-refractivity contribution in [1.82, 2.24) is 5.32 Å². The number of nitrogens with one attached hydrogen (secondary N) is 1. The molecule has 0 aromatic carbocycles. The van der Waals surface area contributed by atoms with Crippen LogP contribution in [0.25, 0.3) is 0 Å². The summed E-state index contributed by atoms with van der Waals surface area (Å²) in [7, 11) is 0.